The molecule has 0 aromatic heterocycles. The van der Waals surface area contributed by atoms with Gasteiger partial charge in [-0.2, -0.15) is 0 Å². The van der Waals surface area contributed by atoms with Crippen molar-refractivity contribution in [2.45, 2.75) is 6.61 Å². The molecule has 6 rings (SSSR count). The number of thioether (sulfide) groups is 1. The van der Waals surface area contributed by atoms with Crippen LogP contribution in [0.5, 0.6) is 17.2 Å². The van der Waals surface area contributed by atoms with E-state index < -0.39 is 0 Å². The molecule has 1 fully saturated rings. The minimum atomic E-state index is -0.178. The molecule has 172 valence electrons. The van der Waals surface area contributed by atoms with Gasteiger partial charge in [-0.25, -0.2) is 0 Å². The van der Waals surface area contributed by atoms with Crippen molar-refractivity contribution in [1.29, 1.82) is 0 Å². The fraction of sp³-hybridized carbons (Fsp3) is 0.0714. The van der Waals surface area contributed by atoms with E-state index in [1.54, 1.807) is 12.1 Å². The van der Waals surface area contributed by atoms with Gasteiger partial charge in [0.25, 0.3) is 5.91 Å². The fourth-order valence-corrected chi connectivity index (χ4v) is 5.45. The van der Waals surface area contributed by atoms with Crippen LogP contribution in [0.1, 0.15) is 11.1 Å². The van der Waals surface area contributed by atoms with Crippen molar-refractivity contribution in [3.63, 3.8) is 0 Å². The van der Waals surface area contributed by atoms with E-state index in [9.17, 15) is 4.79 Å². The molecule has 0 radical (unpaired) electrons. The van der Waals surface area contributed by atoms with E-state index in [4.69, 9.17) is 26.4 Å². The molecule has 0 spiro atoms. The normalized spacial score (nSPS) is 15.9. The highest BCUT2D eigenvalue weighted by Gasteiger charge is 2.34. The second-order valence-electron chi connectivity index (χ2n) is 8.02. The summed E-state index contributed by atoms with van der Waals surface area (Å²) in [6, 6.07) is 27.5. The van der Waals surface area contributed by atoms with Crippen molar-refractivity contribution in [2.75, 3.05) is 11.7 Å². The number of hydrogen-bond donors (Lipinski definition) is 0. The second kappa shape index (κ2) is 9.09. The Hall–Kier alpha value is -3.81. The quantitative estimate of drug-likeness (QED) is 0.230. The topological polar surface area (TPSA) is 48.0 Å². The Balaban J connectivity index is 1.26. The Morgan fingerprint density at radius 2 is 1.74 bits per heavy atom. The number of carbonyl (C=O) groups excluding carboxylic acids is 1. The standard InChI is InChI=1S/C28H19NO4S2/c30-27-26(35-28(34)29(27)21-12-13-24-25(15-21)33-17-32-24)14-19-7-2-4-11-23(19)31-16-20-9-5-8-18-6-1-3-10-22(18)20/h1-15H,16-17H2/b26-14+. The Morgan fingerprint density at radius 3 is 2.69 bits per heavy atom. The van der Waals surface area contributed by atoms with Crippen LogP contribution in [-0.2, 0) is 11.4 Å². The molecule has 7 heteroatoms. The molecule has 4 aromatic carbocycles. The smallest absolute Gasteiger partial charge is 0.270 e. The van der Waals surface area contributed by atoms with Crippen LogP contribution in [0.25, 0.3) is 16.8 Å². The summed E-state index contributed by atoms with van der Waals surface area (Å²) in [7, 11) is 0. The summed E-state index contributed by atoms with van der Waals surface area (Å²) in [5.74, 6) is 1.79. The van der Waals surface area contributed by atoms with Gasteiger partial charge in [0.2, 0.25) is 6.79 Å². The molecule has 35 heavy (non-hydrogen) atoms. The zero-order valence-corrected chi connectivity index (χ0v) is 20.1. The van der Waals surface area contributed by atoms with Crippen molar-refractivity contribution in [2.24, 2.45) is 0 Å². The second-order valence-corrected chi connectivity index (χ2v) is 9.70. The summed E-state index contributed by atoms with van der Waals surface area (Å²) >= 11 is 6.81. The predicted octanol–water partition coefficient (Wildman–Crippen LogP) is 6.55. The number of anilines is 1. The van der Waals surface area contributed by atoms with Crippen molar-refractivity contribution in [3.05, 3.63) is 101 Å². The molecule has 4 aromatic rings. The number of nitrogens with zero attached hydrogens (tertiary/aromatic N) is 1. The first-order valence-electron chi connectivity index (χ1n) is 11.0. The zero-order valence-electron chi connectivity index (χ0n) is 18.5. The zero-order chi connectivity index (χ0) is 23.8. The molecule has 0 bridgehead atoms. The summed E-state index contributed by atoms with van der Waals surface area (Å²) in [5, 5.41) is 2.34. The molecule has 1 saturated heterocycles. The highest BCUT2D eigenvalue weighted by molar-refractivity contribution is 8.27. The SMILES string of the molecule is O=C1/C(=C\c2ccccc2OCc2cccc3ccccc23)SC(=S)N1c1ccc2c(c1)OCO2. The lowest BCUT2D eigenvalue weighted by Gasteiger charge is -2.15. The lowest BCUT2D eigenvalue weighted by molar-refractivity contribution is -0.113. The molecule has 0 aliphatic carbocycles. The maximum Gasteiger partial charge on any atom is 0.270 e. The van der Waals surface area contributed by atoms with Crippen molar-refractivity contribution >= 4 is 56.7 Å². The molecule has 0 N–H and O–H groups in total. The molecular weight excluding hydrogens is 478 g/mol. The van der Waals surface area contributed by atoms with Crippen LogP contribution in [0.3, 0.4) is 0 Å². The minimum Gasteiger partial charge on any atom is -0.488 e. The monoisotopic (exact) mass is 497 g/mol. The average molecular weight is 498 g/mol. The van der Waals surface area contributed by atoms with Gasteiger partial charge in [0, 0.05) is 11.6 Å². The van der Waals surface area contributed by atoms with Crippen LogP contribution in [0.2, 0.25) is 0 Å². The number of para-hydroxylation sites is 1. The summed E-state index contributed by atoms with van der Waals surface area (Å²) < 4.78 is 17.5. The first-order chi connectivity index (χ1) is 17.2. The van der Waals surface area contributed by atoms with Crippen molar-refractivity contribution in [3.8, 4) is 17.2 Å². The average Bonchev–Trinajstić information content (AvgIpc) is 3.46. The summed E-state index contributed by atoms with van der Waals surface area (Å²) in [6.07, 6.45) is 1.84. The van der Waals surface area contributed by atoms with Crippen LogP contribution in [0.4, 0.5) is 5.69 Å². The number of thiocarbonyl (C=S) groups is 1. The summed E-state index contributed by atoms with van der Waals surface area (Å²) in [4.78, 5) is 15.4. The molecule has 2 aliphatic rings. The lowest BCUT2D eigenvalue weighted by atomic mass is 10.1. The fourth-order valence-electron chi connectivity index (χ4n) is 4.16. The van der Waals surface area contributed by atoms with Gasteiger partial charge in [-0.1, -0.05) is 84.6 Å². The molecule has 0 saturated carbocycles. The number of ether oxygens (including phenoxy) is 3. The largest absolute Gasteiger partial charge is 0.488 e. The third kappa shape index (κ3) is 4.13. The molecule has 0 atom stereocenters. The highest BCUT2D eigenvalue weighted by Crippen LogP contribution is 2.41. The van der Waals surface area contributed by atoms with E-state index >= 15 is 0 Å². The minimum absolute atomic E-state index is 0.173. The number of carbonyl (C=O) groups is 1. The van der Waals surface area contributed by atoms with Crippen LogP contribution >= 0.6 is 24.0 Å². The summed E-state index contributed by atoms with van der Waals surface area (Å²) in [5.41, 5.74) is 2.58. The molecular formula is C28H19NO4S2. The van der Waals surface area contributed by atoms with Crippen LogP contribution in [-0.4, -0.2) is 17.0 Å². The third-order valence-electron chi connectivity index (χ3n) is 5.88. The molecule has 2 aliphatic heterocycles. The lowest BCUT2D eigenvalue weighted by Crippen LogP contribution is -2.27. The van der Waals surface area contributed by atoms with Gasteiger partial charge in [0.05, 0.1) is 10.6 Å². The Labute approximate surface area is 211 Å². The molecule has 1 amide bonds. The van der Waals surface area contributed by atoms with Gasteiger partial charge in [-0.3, -0.25) is 9.69 Å². The van der Waals surface area contributed by atoms with Gasteiger partial charge < -0.3 is 14.2 Å². The van der Waals surface area contributed by atoms with E-state index in [1.807, 2.05) is 54.6 Å². The first-order valence-corrected chi connectivity index (χ1v) is 12.3. The number of hydrogen-bond acceptors (Lipinski definition) is 6. The number of rotatable bonds is 5. The van der Waals surface area contributed by atoms with Gasteiger partial charge in [-0.15, -0.1) is 0 Å². The van der Waals surface area contributed by atoms with Gasteiger partial charge in [0.1, 0.15) is 12.4 Å². The Bertz CT molecular complexity index is 1510. The maximum atomic E-state index is 13.3. The number of amides is 1. The maximum absolute atomic E-state index is 13.3. The van der Waals surface area contributed by atoms with Gasteiger partial charge in [0.15, 0.2) is 15.8 Å². The number of benzene rings is 4. The van der Waals surface area contributed by atoms with Crippen LogP contribution in [0, 0.1) is 0 Å². The first kappa shape index (κ1) is 21.7. The van der Waals surface area contributed by atoms with Crippen molar-refractivity contribution in [1.82, 2.24) is 0 Å². The molecule has 2 heterocycles. The van der Waals surface area contributed by atoms with E-state index in [-0.39, 0.29) is 12.7 Å². The van der Waals surface area contributed by atoms with E-state index in [0.29, 0.717) is 38.8 Å². The van der Waals surface area contributed by atoms with Gasteiger partial charge >= 0.3 is 0 Å². The number of fused-ring (bicyclic) bond motifs is 2. The Kier molecular flexibility index (Phi) is 5.64. The van der Waals surface area contributed by atoms with E-state index in [0.717, 1.165) is 16.5 Å². The summed E-state index contributed by atoms with van der Waals surface area (Å²) in [6.45, 7) is 0.594. The van der Waals surface area contributed by atoms with Gasteiger partial charge in [-0.05, 0) is 40.6 Å². The highest BCUT2D eigenvalue weighted by atomic mass is 32.2. The van der Waals surface area contributed by atoms with E-state index in [2.05, 4.69) is 24.3 Å². The van der Waals surface area contributed by atoms with Crippen LogP contribution < -0.4 is 19.1 Å². The predicted molar refractivity (Wildman–Crippen MR) is 143 cm³/mol. The Morgan fingerprint density at radius 1 is 0.943 bits per heavy atom. The molecule has 5 nitrogen and oxygen atoms in total. The van der Waals surface area contributed by atoms with Crippen LogP contribution in [0.15, 0.2) is 89.8 Å². The third-order valence-corrected chi connectivity index (χ3v) is 7.18. The van der Waals surface area contributed by atoms with Crippen molar-refractivity contribution < 1.29 is 19.0 Å². The van der Waals surface area contributed by atoms with E-state index in [1.165, 1.54) is 22.0 Å². The molecule has 0 unspecified atom stereocenters.